The van der Waals surface area contributed by atoms with Gasteiger partial charge in [-0.2, -0.15) is 0 Å². The van der Waals surface area contributed by atoms with Gasteiger partial charge in [-0.25, -0.2) is 0 Å². The number of rotatable bonds is 6. The number of halogens is 2. The molecule has 0 radical (unpaired) electrons. The predicted octanol–water partition coefficient (Wildman–Crippen LogP) is 2.80. The van der Waals surface area contributed by atoms with Crippen molar-refractivity contribution in [2.24, 2.45) is 0 Å². The molecule has 2 N–H and O–H groups in total. The van der Waals surface area contributed by atoms with Gasteiger partial charge in [-0.15, -0.1) is 0 Å². The lowest BCUT2D eigenvalue weighted by Crippen LogP contribution is -2.24. The minimum atomic E-state index is -0.560. The van der Waals surface area contributed by atoms with E-state index < -0.39 is 6.10 Å². The Morgan fingerprint density at radius 1 is 1.44 bits per heavy atom. The van der Waals surface area contributed by atoms with Gasteiger partial charge in [0.2, 0.25) is 0 Å². The van der Waals surface area contributed by atoms with Crippen LogP contribution in [0.4, 0.5) is 5.69 Å². The van der Waals surface area contributed by atoms with Gasteiger partial charge in [-0.1, -0.05) is 29.3 Å². The summed E-state index contributed by atoms with van der Waals surface area (Å²) in [5.41, 5.74) is 0.713. The first-order valence-electron chi connectivity index (χ1n) is 5.08. The highest BCUT2D eigenvalue weighted by molar-refractivity contribution is 6.43. The van der Waals surface area contributed by atoms with Gasteiger partial charge in [0.05, 0.1) is 28.4 Å². The fraction of sp³-hybridized carbons (Fsp3) is 0.455. The van der Waals surface area contributed by atoms with Gasteiger partial charge >= 0.3 is 0 Å². The lowest BCUT2D eigenvalue weighted by atomic mass is 10.3. The second-order valence-corrected chi connectivity index (χ2v) is 4.08. The molecule has 1 rings (SSSR count). The molecule has 0 spiro atoms. The van der Waals surface area contributed by atoms with Crippen LogP contribution in [0.3, 0.4) is 0 Å². The maximum Gasteiger partial charge on any atom is 0.0945 e. The molecule has 1 atom stereocenters. The summed E-state index contributed by atoms with van der Waals surface area (Å²) in [4.78, 5) is 0. The van der Waals surface area contributed by atoms with E-state index in [1.54, 1.807) is 12.1 Å². The van der Waals surface area contributed by atoms with Crippen LogP contribution in [0.2, 0.25) is 10.0 Å². The molecule has 3 nitrogen and oxygen atoms in total. The van der Waals surface area contributed by atoms with E-state index in [2.05, 4.69) is 5.32 Å². The van der Waals surface area contributed by atoms with E-state index in [-0.39, 0.29) is 0 Å². The number of hydrogen-bond donors (Lipinski definition) is 2. The summed E-state index contributed by atoms with van der Waals surface area (Å²) in [5.74, 6) is 0. The molecule has 5 heteroatoms. The average molecular weight is 264 g/mol. The molecule has 0 fully saturated rings. The second kappa shape index (κ2) is 6.97. The second-order valence-electron chi connectivity index (χ2n) is 3.30. The summed E-state index contributed by atoms with van der Waals surface area (Å²) in [5, 5.41) is 13.5. The average Bonchev–Trinajstić information content (AvgIpc) is 2.28. The smallest absolute Gasteiger partial charge is 0.0945 e. The summed E-state index contributed by atoms with van der Waals surface area (Å²) in [6.45, 7) is 3.16. The zero-order valence-corrected chi connectivity index (χ0v) is 10.6. The molecule has 0 aliphatic heterocycles. The van der Waals surface area contributed by atoms with E-state index >= 15 is 0 Å². The number of aliphatic hydroxyl groups is 1. The summed E-state index contributed by atoms with van der Waals surface area (Å²) in [6.07, 6.45) is -0.560. The maximum absolute atomic E-state index is 9.54. The highest BCUT2D eigenvalue weighted by Crippen LogP contribution is 2.29. The quantitative estimate of drug-likeness (QED) is 0.830. The molecule has 1 aromatic rings. The van der Waals surface area contributed by atoms with Crippen molar-refractivity contribution in [3.63, 3.8) is 0 Å². The number of benzene rings is 1. The van der Waals surface area contributed by atoms with E-state index in [0.717, 1.165) is 0 Å². The van der Waals surface area contributed by atoms with Crippen LogP contribution < -0.4 is 5.32 Å². The van der Waals surface area contributed by atoms with E-state index in [0.29, 0.717) is 35.5 Å². The number of anilines is 1. The first-order valence-corrected chi connectivity index (χ1v) is 5.84. The Balaban J connectivity index is 2.45. The molecule has 0 aliphatic carbocycles. The van der Waals surface area contributed by atoms with Crippen LogP contribution >= 0.6 is 23.2 Å². The molecule has 1 aromatic carbocycles. The molecule has 0 saturated heterocycles. The van der Waals surface area contributed by atoms with Crippen LogP contribution in [0.15, 0.2) is 18.2 Å². The van der Waals surface area contributed by atoms with Crippen LogP contribution in [0.25, 0.3) is 0 Å². The molecule has 16 heavy (non-hydrogen) atoms. The van der Waals surface area contributed by atoms with Crippen LogP contribution in [-0.2, 0) is 4.74 Å². The van der Waals surface area contributed by atoms with Gasteiger partial charge in [0, 0.05) is 13.2 Å². The SMILES string of the molecule is CCOCC(O)CNc1cccc(Cl)c1Cl. The molecule has 0 amide bonds. The van der Waals surface area contributed by atoms with Gasteiger partial charge in [-0.05, 0) is 19.1 Å². The highest BCUT2D eigenvalue weighted by atomic mass is 35.5. The molecule has 90 valence electrons. The zero-order chi connectivity index (χ0) is 12.0. The fourth-order valence-corrected chi connectivity index (χ4v) is 1.55. The first kappa shape index (κ1) is 13.6. The Morgan fingerprint density at radius 3 is 2.88 bits per heavy atom. The lowest BCUT2D eigenvalue weighted by Gasteiger charge is -2.13. The minimum absolute atomic E-state index is 0.307. The van der Waals surface area contributed by atoms with Crippen LogP contribution in [-0.4, -0.2) is 31.0 Å². The maximum atomic E-state index is 9.54. The molecule has 0 bridgehead atoms. The highest BCUT2D eigenvalue weighted by Gasteiger charge is 2.07. The van der Waals surface area contributed by atoms with Crippen molar-refractivity contribution >= 4 is 28.9 Å². The molecular weight excluding hydrogens is 249 g/mol. The van der Waals surface area contributed by atoms with E-state index in [1.165, 1.54) is 0 Å². The first-order chi connectivity index (χ1) is 7.65. The van der Waals surface area contributed by atoms with E-state index in [4.69, 9.17) is 27.9 Å². The summed E-state index contributed by atoms with van der Waals surface area (Å²) < 4.78 is 5.09. The van der Waals surface area contributed by atoms with Crippen molar-refractivity contribution in [1.82, 2.24) is 0 Å². The van der Waals surface area contributed by atoms with Crippen molar-refractivity contribution in [3.05, 3.63) is 28.2 Å². The molecule has 0 saturated carbocycles. The van der Waals surface area contributed by atoms with Crippen LogP contribution in [0.1, 0.15) is 6.92 Å². The van der Waals surface area contributed by atoms with Crippen LogP contribution in [0.5, 0.6) is 0 Å². The van der Waals surface area contributed by atoms with Gasteiger partial charge in [0.25, 0.3) is 0 Å². The Bertz CT molecular complexity index is 334. The summed E-state index contributed by atoms with van der Waals surface area (Å²) in [6, 6.07) is 5.32. The largest absolute Gasteiger partial charge is 0.389 e. The van der Waals surface area contributed by atoms with Crippen molar-refractivity contribution < 1.29 is 9.84 Å². The Morgan fingerprint density at radius 2 is 2.19 bits per heavy atom. The number of aliphatic hydroxyl groups excluding tert-OH is 1. The topological polar surface area (TPSA) is 41.5 Å². The van der Waals surface area contributed by atoms with Crippen molar-refractivity contribution in [2.45, 2.75) is 13.0 Å². The number of hydrogen-bond acceptors (Lipinski definition) is 3. The minimum Gasteiger partial charge on any atom is -0.389 e. The normalized spacial score (nSPS) is 12.5. The molecule has 1 unspecified atom stereocenters. The number of nitrogens with one attached hydrogen (secondary N) is 1. The zero-order valence-electron chi connectivity index (χ0n) is 9.04. The summed E-state index contributed by atoms with van der Waals surface area (Å²) in [7, 11) is 0. The standard InChI is InChI=1S/C11H15Cl2NO2/c1-2-16-7-8(15)6-14-10-5-3-4-9(12)11(10)13/h3-5,8,14-15H,2,6-7H2,1H3. The van der Waals surface area contributed by atoms with Crippen molar-refractivity contribution in [1.29, 1.82) is 0 Å². The van der Waals surface area contributed by atoms with Gasteiger partial charge < -0.3 is 15.2 Å². The fourth-order valence-electron chi connectivity index (χ4n) is 1.18. The van der Waals surface area contributed by atoms with Gasteiger partial charge in [0.1, 0.15) is 0 Å². The van der Waals surface area contributed by atoms with Gasteiger partial charge in [0.15, 0.2) is 0 Å². The van der Waals surface area contributed by atoms with Crippen molar-refractivity contribution in [3.8, 4) is 0 Å². The molecule has 0 aliphatic rings. The molecular formula is C11H15Cl2NO2. The third kappa shape index (κ3) is 4.18. The van der Waals surface area contributed by atoms with E-state index in [1.807, 2.05) is 13.0 Å². The Kier molecular flexibility index (Phi) is 5.91. The third-order valence-electron chi connectivity index (χ3n) is 1.99. The Labute approximate surface area is 105 Å². The third-order valence-corrected chi connectivity index (χ3v) is 2.81. The Hall–Kier alpha value is -0.480. The molecule has 0 heterocycles. The van der Waals surface area contributed by atoms with Crippen LogP contribution in [0, 0.1) is 0 Å². The van der Waals surface area contributed by atoms with E-state index in [9.17, 15) is 5.11 Å². The lowest BCUT2D eigenvalue weighted by molar-refractivity contribution is 0.0496. The van der Waals surface area contributed by atoms with Gasteiger partial charge in [-0.3, -0.25) is 0 Å². The summed E-state index contributed by atoms with van der Waals surface area (Å²) >= 11 is 11.8. The predicted molar refractivity (Wildman–Crippen MR) is 67.5 cm³/mol. The van der Waals surface area contributed by atoms with Crippen molar-refractivity contribution in [2.75, 3.05) is 25.1 Å². The number of ether oxygens (including phenoxy) is 1. The monoisotopic (exact) mass is 263 g/mol. The molecule has 0 aromatic heterocycles.